The summed E-state index contributed by atoms with van der Waals surface area (Å²) in [6, 6.07) is 0. The minimum atomic E-state index is 0.968. The van der Waals surface area contributed by atoms with E-state index in [9.17, 15) is 0 Å². The van der Waals surface area contributed by atoms with Crippen molar-refractivity contribution in [2.24, 2.45) is 5.92 Å². The lowest BCUT2D eigenvalue weighted by atomic mass is 9.94. The molecule has 90 valence electrons. The van der Waals surface area contributed by atoms with Gasteiger partial charge in [-0.3, -0.25) is 4.72 Å². The quantitative estimate of drug-likeness (QED) is 0.549. The van der Waals surface area contributed by atoms with E-state index in [-0.39, 0.29) is 0 Å². The summed E-state index contributed by atoms with van der Waals surface area (Å²) in [6.45, 7) is 5.11. The Morgan fingerprint density at radius 3 is 2.60 bits per heavy atom. The number of rotatable bonds is 7. The number of thioether (sulfide) groups is 1. The van der Waals surface area contributed by atoms with Crippen LogP contribution in [0.2, 0.25) is 0 Å². The van der Waals surface area contributed by atoms with Gasteiger partial charge in [-0.05, 0) is 50.8 Å². The third-order valence-electron chi connectivity index (χ3n) is 3.12. The van der Waals surface area contributed by atoms with Crippen molar-refractivity contribution >= 4 is 23.7 Å². The number of nitrogens with zero attached hydrogens (tertiary/aromatic N) is 1. The smallest absolute Gasteiger partial charge is 0.00722 e. The van der Waals surface area contributed by atoms with Crippen LogP contribution < -0.4 is 4.72 Å². The van der Waals surface area contributed by atoms with Gasteiger partial charge in [0.05, 0.1) is 0 Å². The Hall–Kier alpha value is 0.620. The van der Waals surface area contributed by atoms with Crippen LogP contribution >= 0.6 is 23.7 Å². The van der Waals surface area contributed by atoms with Crippen LogP contribution in [-0.4, -0.2) is 49.3 Å². The maximum absolute atomic E-state index is 3.34. The molecule has 0 aromatic carbocycles. The van der Waals surface area contributed by atoms with Gasteiger partial charge in [0.15, 0.2) is 0 Å². The molecule has 1 rings (SSSR count). The summed E-state index contributed by atoms with van der Waals surface area (Å²) in [4.78, 5) is 2.62. The summed E-state index contributed by atoms with van der Waals surface area (Å²) in [7, 11) is 0. The number of likely N-dealkylation sites (tertiary alicyclic amines) is 1. The van der Waals surface area contributed by atoms with Crippen LogP contribution in [0.15, 0.2) is 0 Å². The van der Waals surface area contributed by atoms with Gasteiger partial charge in [-0.1, -0.05) is 11.9 Å². The van der Waals surface area contributed by atoms with Gasteiger partial charge in [0, 0.05) is 18.8 Å². The van der Waals surface area contributed by atoms with Gasteiger partial charge >= 0.3 is 0 Å². The number of piperidine rings is 1. The van der Waals surface area contributed by atoms with E-state index in [1.807, 2.05) is 11.8 Å². The monoisotopic (exact) mass is 248 g/mol. The molecular weight excluding hydrogens is 224 g/mol. The molecule has 0 saturated carbocycles. The molecule has 1 fully saturated rings. The molecule has 0 aromatic rings. The summed E-state index contributed by atoms with van der Waals surface area (Å²) in [5, 5.41) is 0. The third kappa shape index (κ3) is 6.05. The Morgan fingerprint density at radius 1 is 1.27 bits per heavy atom. The predicted octanol–water partition coefficient (Wildman–Crippen LogP) is 2.32. The van der Waals surface area contributed by atoms with E-state index in [0.29, 0.717) is 0 Å². The highest BCUT2D eigenvalue weighted by Crippen LogP contribution is 2.20. The Bertz CT molecular complexity index is 148. The average molecular weight is 248 g/mol. The SMILES string of the molecule is CSCCN1CCC(CCNSC)CC1. The summed E-state index contributed by atoms with van der Waals surface area (Å²) >= 11 is 3.70. The molecule has 0 amide bonds. The molecule has 1 N–H and O–H groups in total. The summed E-state index contributed by atoms with van der Waals surface area (Å²) in [6.07, 6.45) is 8.47. The molecule has 0 spiro atoms. The molecule has 0 radical (unpaired) electrons. The number of nitrogens with one attached hydrogen (secondary N) is 1. The minimum Gasteiger partial charge on any atom is -0.302 e. The van der Waals surface area contributed by atoms with E-state index in [1.54, 1.807) is 11.9 Å². The van der Waals surface area contributed by atoms with E-state index >= 15 is 0 Å². The predicted molar refractivity (Wildman–Crippen MR) is 73.7 cm³/mol. The number of hydrogen-bond donors (Lipinski definition) is 1. The molecule has 15 heavy (non-hydrogen) atoms. The zero-order valence-electron chi connectivity index (χ0n) is 10.00. The second-order valence-corrected chi connectivity index (χ2v) is 5.85. The van der Waals surface area contributed by atoms with Crippen molar-refractivity contribution in [3.8, 4) is 0 Å². The van der Waals surface area contributed by atoms with E-state index in [4.69, 9.17) is 0 Å². The molecule has 0 aliphatic carbocycles. The van der Waals surface area contributed by atoms with Crippen LogP contribution in [0.4, 0.5) is 0 Å². The molecule has 0 bridgehead atoms. The van der Waals surface area contributed by atoms with Crippen molar-refractivity contribution in [3.63, 3.8) is 0 Å². The lowest BCUT2D eigenvalue weighted by Crippen LogP contribution is -2.35. The van der Waals surface area contributed by atoms with Crippen molar-refractivity contribution in [1.29, 1.82) is 0 Å². The molecule has 2 nitrogen and oxygen atoms in total. The van der Waals surface area contributed by atoms with E-state index in [1.165, 1.54) is 51.2 Å². The Balaban J connectivity index is 2.02. The maximum atomic E-state index is 3.34. The summed E-state index contributed by atoms with van der Waals surface area (Å²) < 4.78 is 3.34. The fraction of sp³-hybridized carbons (Fsp3) is 1.00. The van der Waals surface area contributed by atoms with Gasteiger partial charge < -0.3 is 4.90 Å². The van der Waals surface area contributed by atoms with Crippen molar-refractivity contribution in [3.05, 3.63) is 0 Å². The first-order valence-corrected chi connectivity index (χ1v) is 8.45. The molecule has 0 unspecified atom stereocenters. The molecule has 1 saturated heterocycles. The van der Waals surface area contributed by atoms with Crippen LogP contribution in [0.5, 0.6) is 0 Å². The van der Waals surface area contributed by atoms with Gasteiger partial charge in [0.2, 0.25) is 0 Å². The van der Waals surface area contributed by atoms with E-state index in [0.717, 1.165) is 5.92 Å². The second-order valence-electron chi connectivity index (χ2n) is 4.16. The van der Waals surface area contributed by atoms with Crippen molar-refractivity contribution in [2.45, 2.75) is 19.3 Å². The van der Waals surface area contributed by atoms with Crippen LogP contribution in [0.1, 0.15) is 19.3 Å². The molecule has 0 aromatic heterocycles. The zero-order chi connectivity index (χ0) is 10.9. The van der Waals surface area contributed by atoms with Gasteiger partial charge in [-0.25, -0.2) is 0 Å². The molecule has 1 aliphatic rings. The molecule has 1 aliphatic heterocycles. The molecule has 1 heterocycles. The molecular formula is C11H24N2S2. The molecule has 0 atom stereocenters. The lowest BCUT2D eigenvalue weighted by molar-refractivity contribution is 0.189. The first kappa shape index (κ1) is 13.7. The van der Waals surface area contributed by atoms with Crippen molar-refractivity contribution in [2.75, 3.05) is 44.4 Å². The third-order valence-corrected chi connectivity index (χ3v) is 4.20. The van der Waals surface area contributed by atoms with Crippen molar-refractivity contribution < 1.29 is 0 Å². The van der Waals surface area contributed by atoms with E-state index in [2.05, 4.69) is 22.1 Å². The van der Waals surface area contributed by atoms with Gasteiger partial charge in [-0.2, -0.15) is 11.8 Å². The van der Waals surface area contributed by atoms with Crippen LogP contribution in [-0.2, 0) is 0 Å². The lowest BCUT2D eigenvalue weighted by Gasteiger charge is -2.31. The topological polar surface area (TPSA) is 15.3 Å². The highest BCUT2D eigenvalue weighted by molar-refractivity contribution is 7.98. The Labute approximate surface area is 103 Å². The molecule has 4 heteroatoms. The van der Waals surface area contributed by atoms with Gasteiger partial charge in [0.1, 0.15) is 0 Å². The summed E-state index contributed by atoms with van der Waals surface area (Å²) in [5.74, 6) is 2.26. The maximum Gasteiger partial charge on any atom is 0.00722 e. The average Bonchev–Trinajstić information content (AvgIpc) is 2.28. The van der Waals surface area contributed by atoms with Gasteiger partial charge in [-0.15, -0.1) is 0 Å². The highest BCUT2D eigenvalue weighted by atomic mass is 32.2. The summed E-state index contributed by atoms with van der Waals surface area (Å²) in [5.41, 5.74) is 0. The number of hydrogen-bond acceptors (Lipinski definition) is 4. The zero-order valence-corrected chi connectivity index (χ0v) is 11.6. The normalized spacial score (nSPS) is 19.6. The largest absolute Gasteiger partial charge is 0.302 e. The Kier molecular flexibility index (Phi) is 7.97. The first-order valence-electron chi connectivity index (χ1n) is 5.84. The van der Waals surface area contributed by atoms with Gasteiger partial charge in [0.25, 0.3) is 0 Å². The van der Waals surface area contributed by atoms with E-state index < -0.39 is 0 Å². The van der Waals surface area contributed by atoms with Crippen LogP contribution in [0.25, 0.3) is 0 Å². The highest BCUT2D eigenvalue weighted by Gasteiger charge is 2.17. The minimum absolute atomic E-state index is 0.968. The fourth-order valence-electron chi connectivity index (χ4n) is 2.08. The fourth-order valence-corrected chi connectivity index (χ4v) is 2.85. The second kappa shape index (κ2) is 8.74. The standard InChI is InChI=1S/C11H24N2S2/c1-14-10-9-13-7-4-11(5-8-13)3-6-12-15-2/h11-12H,3-10H2,1-2H3. The van der Waals surface area contributed by atoms with Crippen molar-refractivity contribution in [1.82, 2.24) is 9.62 Å². The van der Waals surface area contributed by atoms with Crippen LogP contribution in [0, 0.1) is 5.92 Å². The first-order chi connectivity index (χ1) is 7.36. The Morgan fingerprint density at radius 2 is 2.00 bits per heavy atom. The van der Waals surface area contributed by atoms with Crippen LogP contribution in [0.3, 0.4) is 0 Å².